The van der Waals surface area contributed by atoms with Crippen LogP contribution in [0.4, 0.5) is 0 Å². The average molecular weight is 379 g/mol. The molecule has 0 saturated carbocycles. The van der Waals surface area contributed by atoms with E-state index in [1.54, 1.807) is 4.31 Å². The predicted octanol–water partition coefficient (Wildman–Crippen LogP) is 2.80. The van der Waals surface area contributed by atoms with E-state index in [0.717, 1.165) is 30.6 Å². The maximum absolute atomic E-state index is 12.8. The molecule has 26 heavy (non-hydrogen) atoms. The lowest BCUT2D eigenvalue weighted by Crippen LogP contribution is -2.47. The van der Waals surface area contributed by atoms with Crippen molar-refractivity contribution in [3.05, 3.63) is 35.4 Å². The number of carbonyl (C=O) groups is 1. The summed E-state index contributed by atoms with van der Waals surface area (Å²) in [6.45, 7) is 6.75. The number of sulfonamides is 1. The largest absolute Gasteiger partial charge is 0.342 e. The lowest BCUT2D eigenvalue weighted by Gasteiger charge is -2.36. The molecule has 1 atom stereocenters. The highest BCUT2D eigenvalue weighted by Crippen LogP contribution is 2.26. The average Bonchev–Trinajstić information content (AvgIpc) is 2.63. The first-order valence-corrected chi connectivity index (χ1v) is 11.3. The Morgan fingerprint density at radius 3 is 2.46 bits per heavy atom. The van der Waals surface area contributed by atoms with Gasteiger partial charge < -0.3 is 4.90 Å². The van der Waals surface area contributed by atoms with E-state index < -0.39 is 10.0 Å². The summed E-state index contributed by atoms with van der Waals surface area (Å²) in [5.74, 6) is 0.821. The summed E-state index contributed by atoms with van der Waals surface area (Å²) in [4.78, 5) is 14.7. The highest BCUT2D eigenvalue weighted by molar-refractivity contribution is 7.88. The highest BCUT2D eigenvalue weighted by Gasteiger charge is 2.34. The third-order valence-electron chi connectivity index (χ3n) is 5.76. The number of aryl methyl sites for hydroxylation is 1. The standard InChI is InChI=1S/C20H30N2O3S/c1-16-6-5-11-21(14-16)20(23)18-9-12-22(13-10-18)26(24,25)15-19-8-4-3-7-17(19)2/h3-4,7-8,16,18H,5-6,9-15H2,1-2H3/t16-/m1/s1. The van der Waals surface area contributed by atoms with Crippen molar-refractivity contribution in [2.45, 2.75) is 45.3 Å². The van der Waals surface area contributed by atoms with Crippen LogP contribution in [0.25, 0.3) is 0 Å². The molecule has 1 aromatic carbocycles. The molecule has 2 heterocycles. The number of hydrogen-bond donors (Lipinski definition) is 0. The van der Waals surface area contributed by atoms with Crippen molar-refractivity contribution in [1.82, 2.24) is 9.21 Å². The van der Waals surface area contributed by atoms with Crippen molar-refractivity contribution in [3.8, 4) is 0 Å². The number of piperidine rings is 2. The van der Waals surface area contributed by atoms with E-state index in [1.807, 2.05) is 36.1 Å². The van der Waals surface area contributed by atoms with E-state index in [4.69, 9.17) is 0 Å². The fraction of sp³-hybridized carbons (Fsp3) is 0.650. The van der Waals surface area contributed by atoms with Crippen LogP contribution in [0, 0.1) is 18.8 Å². The zero-order valence-corrected chi connectivity index (χ0v) is 16.7. The normalized spacial score (nSPS) is 23.2. The molecular formula is C20H30N2O3S. The van der Waals surface area contributed by atoms with Gasteiger partial charge in [-0.15, -0.1) is 0 Å². The van der Waals surface area contributed by atoms with Crippen LogP contribution in [-0.2, 0) is 20.6 Å². The monoisotopic (exact) mass is 378 g/mol. The van der Waals surface area contributed by atoms with Crippen LogP contribution in [0.2, 0.25) is 0 Å². The molecule has 0 radical (unpaired) electrons. The zero-order valence-electron chi connectivity index (χ0n) is 15.9. The first-order valence-electron chi connectivity index (χ1n) is 9.68. The van der Waals surface area contributed by atoms with Gasteiger partial charge in [-0.25, -0.2) is 12.7 Å². The number of likely N-dealkylation sites (tertiary alicyclic amines) is 1. The van der Waals surface area contributed by atoms with Crippen molar-refractivity contribution in [1.29, 1.82) is 0 Å². The van der Waals surface area contributed by atoms with Crippen LogP contribution in [0.1, 0.15) is 43.7 Å². The second kappa shape index (κ2) is 8.09. The number of nitrogens with zero attached hydrogens (tertiary/aromatic N) is 2. The third kappa shape index (κ3) is 4.46. The summed E-state index contributed by atoms with van der Waals surface area (Å²) in [7, 11) is -3.33. The molecule has 0 aromatic heterocycles. The van der Waals surface area contributed by atoms with Gasteiger partial charge in [0.05, 0.1) is 5.75 Å². The van der Waals surface area contributed by atoms with E-state index >= 15 is 0 Å². The molecule has 0 spiro atoms. The molecule has 1 amide bonds. The molecule has 2 aliphatic rings. The fourth-order valence-electron chi connectivity index (χ4n) is 4.09. The van der Waals surface area contributed by atoms with Crippen molar-refractivity contribution in [2.24, 2.45) is 11.8 Å². The summed E-state index contributed by atoms with van der Waals surface area (Å²) < 4.78 is 27.1. The number of hydrogen-bond acceptors (Lipinski definition) is 3. The first kappa shape index (κ1) is 19.4. The van der Waals surface area contributed by atoms with Crippen LogP contribution in [0.5, 0.6) is 0 Å². The third-order valence-corrected chi connectivity index (χ3v) is 7.59. The summed E-state index contributed by atoms with van der Waals surface area (Å²) in [5, 5.41) is 0. The van der Waals surface area contributed by atoms with Gasteiger partial charge in [0, 0.05) is 32.1 Å². The Hall–Kier alpha value is -1.40. The minimum Gasteiger partial charge on any atom is -0.342 e. The van der Waals surface area contributed by atoms with Gasteiger partial charge in [-0.1, -0.05) is 31.2 Å². The number of amides is 1. The summed E-state index contributed by atoms with van der Waals surface area (Å²) in [6, 6.07) is 7.61. The lowest BCUT2D eigenvalue weighted by molar-refractivity contribution is -0.138. The molecule has 6 heteroatoms. The van der Waals surface area contributed by atoms with E-state index in [2.05, 4.69) is 6.92 Å². The molecule has 0 aliphatic carbocycles. The minimum absolute atomic E-state index is 0.0230. The van der Waals surface area contributed by atoms with E-state index in [0.29, 0.717) is 31.8 Å². The van der Waals surface area contributed by atoms with Crippen LogP contribution >= 0.6 is 0 Å². The van der Waals surface area contributed by atoms with Gasteiger partial charge in [0.15, 0.2) is 0 Å². The molecule has 3 rings (SSSR count). The molecule has 2 fully saturated rings. The van der Waals surface area contributed by atoms with Gasteiger partial charge in [0.25, 0.3) is 0 Å². The zero-order chi connectivity index (χ0) is 18.7. The summed E-state index contributed by atoms with van der Waals surface area (Å²) in [6.07, 6.45) is 3.55. The van der Waals surface area contributed by atoms with Gasteiger partial charge in [-0.2, -0.15) is 0 Å². The topological polar surface area (TPSA) is 57.7 Å². The summed E-state index contributed by atoms with van der Waals surface area (Å²) >= 11 is 0. The van der Waals surface area contributed by atoms with E-state index in [9.17, 15) is 13.2 Å². The van der Waals surface area contributed by atoms with Crippen LogP contribution < -0.4 is 0 Å². The number of benzene rings is 1. The molecule has 0 N–H and O–H groups in total. The van der Waals surface area contributed by atoms with Gasteiger partial charge in [0.2, 0.25) is 15.9 Å². The molecule has 2 aliphatic heterocycles. The molecule has 1 aromatic rings. The Balaban J connectivity index is 1.57. The van der Waals surface area contributed by atoms with Crippen molar-refractivity contribution < 1.29 is 13.2 Å². The molecule has 2 saturated heterocycles. The second-order valence-corrected chi connectivity index (χ2v) is 9.86. The van der Waals surface area contributed by atoms with Crippen molar-refractivity contribution in [2.75, 3.05) is 26.2 Å². The highest BCUT2D eigenvalue weighted by atomic mass is 32.2. The Morgan fingerprint density at radius 1 is 1.12 bits per heavy atom. The minimum atomic E-state index is -3.33. The molecule has 0 bridgehead atoms. The van der Waals surface area contributed by atoms with Gasteiger partial charge in [-0.3, -0.25) is 4.79 Å². The lowest BCUT2D eigenvalue weighted by atomic mass is 9.93. The number of rotatable bonds is 4. The van der Waals surface area contributed by atoms with Crippen LogP contribution in [0.3, 0.4) is 0 Å². The Morgan fingerprint density at radius 2 is 1.81 bits per heavy atom. The predicted molar refractivity (Wildman–Crippen MR) is 103 cm³/mol. The number of carbonyl (C=O) groups excluding carboxylic acids is 1. The Bertz CT molecular complexity index is 739. The SMILES string of the molecule is Cc1ccccc1CS(=O)(=O)N1CCC(C(=O)N2CCC[C@@H](C)C2)CC1. The van der Waals surface area contributed by atoms with E-state index in [1.165, 1.54) is 6.42 Å². The Labute approximate surface area is 157 Å². The maximum atomic E-state index is 12.8. The molecular weight excluding hydrogens is 348 g/mol. The van der Waals surface area contributed by atoms with Crippen molar-refractivity contribution >= 4 is 15.9 Å². The quantitative estimate of drug-likeness (QED) is 0.809. The van der Waals surface area contributed by atoms with Crippen LogP contribution in [0.15, 0.2) is 24.3 Å². The van der Waals surface area contributed by atoms with Crippen molar-refractivity contribution in [3.63, 3.8) is 0 Å². The molecule has 5 nitrogen and oxygen atoms in total. The fourth-order valence-corrected chi connectivity index (χ4v) is 5.76. The Kier molecular flexibility index (Phi) is 6.03. The summed E-state index contributed by atoms with van der Waals surface area (Å²) in [5.41, 5.74) is 1.85. The van der Waals surface area contributed by atoms with Gasteiger partial charge in [-0.05, 0) is 49.7 Å². The van der Waals surface area contributed by atoms with Gasteiger partial charge >= 0.3 is 0 Å². The van der Waals surface area contributed by atoms with Crippen LogP contribution in [-0.4, -0.2) is 49.7 Å². The first-order chi connectivity index (χ1) is 12.4. The smallest absolute Gasteiger partial charge is 0.225 e. The second-order valence-electron chi connectivity index (χ2n) is 7.89. The molecule has 144 valence electrons. The molecule has 0 unspecified atom stereocenters. The van der Waals surface area contributed by atoms with Gasteiger partial charge in [0.1, 0.15) is 0 Å². The van der Waals surface area contributed by atoms with E-state index in [-0.39, 0.29) is 17.6 Å². The maximum Gasteiger partial charge on any atom is 0.225 e.